The number of aromatic nitrogens is 3. The molecule has 0 saturated heterocycles. The molecule has 0 spiro atoms. The second kappa shape index (κ2) is 4.39. The smallest absolute Gasteiger partial charge is 0.288 e. The van der Waals surface area contributed by atoms with E-state index in [4.69, 9.17) is 0 Å². The Kier molecular flexibility index (Phi) is 2.96. The molecule has 0 aromatic carbocycles. The highest BCUT2D eigenvalue weighted by Crippen LogP contribution is 2.18. The Labute approximate surface area is 87.1 Å². The summed E-state index contributed by atoms with van der Waals surface area (Å²) in [6, 6.07) is 0.144. The fourth-order valence-corrected chi connectivity index (χ4v) is 1.79. The second-order valence-corrected chi connectivity index (χ2v) is 3.81. The van der Waals surface area contributed by atoms with Crippen molar-refractivity contribution < 1.29 is 9.90 Å². The molecule has 6 heteroatoms. The molecule has 6 nitrogen and oxygen atoms in total. The van der Waals surface area contributed by atoms with Crippen molar-refractivity contribution in [3.05, 3.63) is 12.2 Å². The summed E-state index contributed by atoms with van der Waals surface area (Å²) < 4.78 is 0. The molecule has 0 bridgehead atoms. The van der Waals surface area contributed by atoms with Crippen LogP contribution in [-0.2, 0) is 0 Å². The van der Waals surface area contributed by atoms with Gasteiger partial charge in [0.05, 0.1) is 6.10 Å². The lowest BCUT2D eigenvalue weighted by Gasteiger charge is -2.25. The molecule has 2 rings (SSSR count). The normalized spacial score (nSPS) is 26.2. The van der Waals surface area contributed by atoms with Gasteiger partial charge < -0.3 is 10.4 Å². The Balaban J connectivity index is 1.85. The van der Waals surface area contributed by atoms with Crippen molar-refractivity contribution in [3.63, 3.8) is 0 Å². The highest BCUT2D eigenvalue weighted by Gasteiger charge is 2.21. The number of aliphatic hydroxyl groups excluding tert-OH is 1. The van der Waals surface area contributed by atoms with Crippen LogP contribution in [-0.4, -0.2) is 38.3 Å². The summed E-state index contributed by atoms with van der Waals surface area (Å²) in [5.74, 6) is 0.00927. The molecular formula is C9H14N4O2. The first-order chi connectivity index (χ1) is 7.25. The van der Waals surface area contributed by atoms with Gasteiger partial charge in [-0.3, -0.25) is 9.89 Å². The van der Waals surface area contributed by atoms with E-state index in [2.05, 4.69) is 20.5 Å². The summed E-state index contributed by atoms with van der Waals surface area (Å²) in [6.07, 6.45) is 4.24. The second-order valence-electron chi connectivity index (χ2n) is 3.81. The van der Waals surface area contributed by atoms with Crippen molar-refractivity contribution in [3.8, 4) is 0 Å². The summed E-state index contributed by atoms with van der Waals surface area (Å²) >= 11 is 0. The average molecular weight is 210 g/mol. The number of carbonyl (C=O) groups excluding carboxylic acids is 1. The number of aliphatic hydroxyl groups is 1. The minimum Gasteiger partial charge on any atom is -0.393 e. The third kappa shape index (κ3) is 2.53. The molecule has 1 aromatic rings. The lowest BCUT2D eigenvalue weighted by atomic mass is 9.93. The highest BCUT2D eigenvalue weighted by atomic mass is 16.3. The van der Waals surface area contributed by atoms with Gasteiger partial charge in [-0.15, -0.1) is 0 Å². The number of nitrogens with zero attached hydrogens (tertiary/aromatic N) is 2. The molecule has 1 aliphatic carbocycles. The van der Waals surface area contributed by atoms with Gasteiger partial charge in [0.2, 0.25) is 5.82 Å². The molecule has 1 heterocycles. The maximum Gasteiger partial charge on any atom is 0.288 e. The monoisotopic (exact) mass is 210 g/mol. The van der Waals surface area contributed by atoms with Gasteiger partial charge in [0, 0.05) is 6.04 Å². The number of rotatable bonds is 2. The summed E-state index contributed by atoms with van der Waals surface area (Å²) in [5.41, 5.74) is 0. The first-order valence-electron chi connectivity index (χ1n) is 5.10. The van der Waals surface area contributed by atoms with E-state index < -0.39 is 0 Å². The Hall–Kier alpha value is -1.43. The molecule has 82 valence electrons. The number of hydrogen-bond acceptors (Lipinski definition) is 4. The zero-order chi connectivity index (χ0) is 10.7. The molecule has 15 heavy (non-hydrogen) atoms. The van der Waals surface area contributed by atoms with Crippen molar-refractivity contribution in [2.75, 3.05) is 0 Å². The van der Waals surface area contributed by atoms with Crippen molar-refractivity contribution in [2.45, 2.75) is 37.8 Å². The van der Waals surface area contributed by atoms with Crippen LogP contribution in [0.15, 0.2) is 6.33 Å². The van der Waals surface area contributed by atoms with Gasteiger partial charge in [-0.1, -0.05) is 0 Å². The van der Waals surface area contributed by atoms with E-state index in [-0.39, 0.29) is 23.9 Å². The average Bonchev–Trinajstić information content (AvgIpc) is 2.74. The molecule has 0 unspecified atom stereocenters. The topological polar surface area (TPSA) is 90.9 Å². The van der Waals surface area contributed by atoms with Crippen LogP contribution in [0.3, 0.4) is 0 Å². The number of nitrogens with one attached hydrogen (secondary N) is 2. The van der Waals surface area contributed by atoms with Crippen LogP contribution >= 0.6 is 0 Å². The van der Waals surface area contributed by atoms with Crippen LogP contribution in [0.5, 0.6) is 0 Å². The van der Waals surface area contributed by atoms with Crippen molar-refractivity contribution in [2.24, 2.45) is 0 Å². The van der Waals surface area contributed by atoms with Gasteiger partial charge in [0.1, 0.15) is 6.33 Å². The van der Waals surface area contributed by atoms with E-state index in [0.717, 1.165) is 25.7 Å². The number of carbonyl (C=O) groups is 1. The fourth-order valence-electron chi connectivity index (χ4n) is 1.79. The van der Waals surface area contributed by atoms with Crippen LogP contribution in [0.25, 0.3) is 0 Å². The molecule has 1 saturated carbocycles. The van der Waals surface area contributed by atoms with E-state index in [0.29, 0.717) is 0 Å². The third-order valence-corrected chi connectivity index (χ3v) is 2.66. The van der Waals surface area contributed by atoms with Gasteiger partial charge in [0.15, 0.2) is 0 Å². The van der Waals surface area contributed by atoms with Crippen LogP contribution < -0.4 is 5.32 Å². The van der Waals surface area contributed by atoms with Gasteiger partial charge in [-0.05, 0) is 25.7 Å². The van der Waals surface area contributed by atoms with Crippen molar-refractivity contribution >= 4 is 5.91 Å². The minimum absolute atomic E-state index is 0.144. The lowest BCUT2D eigenvalue weighted by molar-refractivity contribution is 0.0859. The summed E-state index contributed by atoms with van der Waals surface area (Å²) in [6.45, 7) is 0. The number of hydrogen-bond donors (Lipinski definition) is 3. The molecule has 1 amide bonds. The molecule has 0 atom stereocenters. The Morgan fingerprint density at radius 2 is 2.20 bits per heavy atom. The molecular weight excluding hydrogens is 196 g/mol. The number of aromatic amines is 1. The van der Waals surface area contributed by atoms with E-state index >= 15 is 0 Å². The lowest BCUT2D eigenvalue weighted by Crippen LogP contribution is -2.39. The molecule has 0 aliphatic heterocycles. The summed E-state index contributed by atoms with van der Waals surface area (Å²) in [5, 5.41) is 18.3. The molecule has 1 aromatic heterocycles. The quantitative estimate of drug-likeness (QED) is 0.632. The zero-order valence-electron chi connectivity index (χ0n) is 8.31. The van der Waals surface area contributed by atoms with E-state index in [1.165, 1.54) is 6.33 Å². The van der Waals surface area contributed by atoms with Gasteiger partial charge in [-0.25, -0.2) is 4.98 Å². The van der Waals surface area contributed by atoms with Gasteiger partial charge >= 0.3 is 0 Å². The van der Waals surface area contributed by atoms with Crippen LogP contribution in [0, 0.1) is 0 Å². The first kappa shape index (κ1) is 10.1. The largest absolute Gasteiger partial charge is 0.393 e. The predicted molar refractivity (Wildman–Crippen MR) is 52.1 cm³/mol. The number of amides is 1. The first-order valence-corrected chi connectivity index (χ1v) is 5.10. The SMILES string of the molecule is O=C(NC1CCC(O)CC1)c1ncn[nH]1. The Morgan fingerprint density at radius 1 is 1.47 bits per heavy atom. The molecule has 3 N–H and O–H groups in total. The van der Waals surface area contributed by atoms with Gasteiger partial charge in [-0.2, -0.15) is 5.10 Å². The Bertz CT molecular complexity index is 317. The molecule has 1 aliphatic rings. The maximum atomic E-state index is 11.5. The number of H-pyrrole nitrogens is 1. The van der Waals surface area contributed by atoms with Crippen molar-refractivity contribution in [1.29, 1.82) is 0 Å². The van der Waals surface area contributed by atoms with Gasteiger partial charge in [0.25, 0.3) is 5.91 Å². The highest BCUT2D eigenvalue weighted by molar-refractivity contribution is 5.90. The summed E-state index contributed by atoms with van der Waals surface area (Å²) in [7, 11) is 0. The van der Waals surface area contributed by atoms with E-state index in [1.54, 1.807) is 0 Å². The molecule has 0 radical (unpaired) electrons. The van der Waals surface area contributed by atoms with Crippen LogP contribution in [0.1, 0.15) is 36.3 Å². The van der Waals surface area contributed by atoms with Crippen LogP contribution in [0.2, 0.25) is 0 Å². The van der Waals surface area contributed by atoms with Crippen LogP contribution in [0.4, 0.5) is 0 Å². The maximum absolute atomic E-state index is 11.5. The Morgan fingerprint density at radius 3 is 2.80 bits per heavy atom. The zero-order valence-corrected chi connectivity index (χ0v) is 8.31. The molecule has 1 fully saturated rings. The summed E-state index contributed by atoms with van der Waals surface area (Å²) in [4.78, 5) is 15.3. The minimum atomic E-state index is -0.228. The standard InChI is InChI=1S/C9H14N4O2/c14-7-3-1-6(2-4-7)12-9(15)8-10-5-11-13-8/h5-7,14H,1-4H2,(H,12,15)(H,10,11,13). The van der Waals surface area contributed by atoms with E-state index in [1.807, 2.05) is 0 Å². The fraction of sp³-hybridized carbons (Fsp3) is 0.667. The van der Waals surface area contributed by atoms with Crippen molar-refractivity contribution in [1.82, 2.24) is 20.5 Å². The predicted octanol–water partition coefficient (Wildman–Crippen LogP) is -0.162. The van der Waals surface area contributed by atoms with E-state index in [9.17, 15) is 9.90 Å². The third-order valence-electron chi connectivity index (χ3n) is 2.66.